The van der Waals surface area contributed by atoms with E-state index in [1.807, 2.05) is 42.5 Å². The van der Waals surface area contributed by atoms with E-state index < -0.39 is 12.5 Å². The molecule has 0 spiro atoms. The summed E-state index contributed by atoms with van der Waals surface area (Å²) >= 11 is 5.19. The minimum atomic E-state index is -0.794. The molecule has 1 amide bonds. The Morgan fingerprint density at radius 2 is 1.67 bits per heavy atom. The molecule has 7 nitrogen and oxygen atoms in total. The minimum absolute atomic E-state index is 0.156. The zero-order valence-corrected chi connectivity index (χ0v) is 17.7. The van der Waals surface area contributed by atoms with Crippen LogP contribution in [0.5, 0.6) is 5.75 Å². The molecule has 1 heterocycles. The SMILES string of the molecule is COc1ccccc1NC(=S)NC(=O)CCCCCN1C(O)c2ccccc2C1O. The first-order valence-electron chi connectivity index (χ1n) is 9.96. The van der Waals surface area contributed by atoms with Crippen LogP contribution in [0, 0.1) is 0 Å². The van der Waals surface area contributed by atoms with E-state index in [2.05, 4.69) is 10.6 Å². The molecule has 0 saturated heterocycles. The number of hydrogen-bond donors (Lipinski definition) is 4. The quantitative estimate of drug-likeness (QED) is 0.378. The number of ether oxygens (including phenoxy) is 1. The van der Waals surface area contributed by atoms with Crippen molar-refractivity contribution < 1.29 is 19.7 Å². The number of aliphatic hydroxyl groups excluding tert-OH is 2. The van der Waals surface area contributed by atoms with Crippen molar-refractivity contribution in [1.29, 1.82) is 0 Å². The van der Waals surface area contributed by atoms with E-state index in [0.717, 1.165) is 24.0 Å². The van der Waals surface area contributed by atoms with Gasteiger partial charge in [0.05, 0.1) is 12.8 Å². The predicted octanol–water partition coefficient (Wildman–Crippen LogP) is 3.07. The van der Waals surface area contributed by atoms with E-state index >= 15 is 0 Å². The molecular weight excluding hydrogens is 402 g/mol. The Bertz CT molecular complexity index is 863. The van der Waals surface area contributed by atoms with Crippen molar-refractivity contribution in [1.82, 2.24) is 10.2 Å². The number of benzene rings is 2. The van der Waals surface area contributed by atoms with Gasteiger partial charge in [-0.25, -0.2) is 4.90 Å². The first-order valence-corrected chi connectivity index (χ1v) is 10.4. The van der Waals surface area contributed by atoms with Gasteiger partial charge >= 0.3 is 0 Å². The summed E-state index contributed by atoms with van der Waals surface area (Å²) in [5.41, 5.74) is 2.19. The number of amides is 1. The van der Waals surface area contributed by atoms with Gasteiger partial charge in [-0.15, -0.1) is 0 Å². The lowest BCUT2D eigenvalue weighted by Crippen LogP contribution is -2.34. The summed E-state index contributed by atoms with van der Waals surface area (Å²) in [6, 6.07) is 14.7. The third-order valence-electron chi connectivity index (χ3n) is 5.11. The molecule has 2 atom stereocenters. The number of nitrogens with zero attached hydrogens (tertiary/aromatic N) is 1. The monoisotopic (exact) mass is 429 g/mol. The topological polar surface area (TPSA) is 94.1 Å². The molecule has 0 aliphatic carbocycles. The van der Waals surface area contributed by atoms with Crippen molar-refractivity contribution >= 4 is 28.9 Å². The van der Waals surface area contributed by atoms with Crippen LogP contribution in [0.4, 0.5) is 5.69 Å². The predicted molar refractivity (Wildman–Crippen MR) is 119 cm³/mol. The van der Waals surface area contributed by atoms with Crippen molar-refractivity contribution in [2.45, 2.75) is 38.1 Å². The lowest BCUT2D eigenvalue weighted by molar-refractivity contribution is -0.119. The Hall–Kier alpha value is -2.52. The van der Waals surface area contributed by atoms with Crippen LogP contribution >= 0.6 is 12.2 Å². The number of carbonyl (C=O) groups excluding carboxylic acids is 1. The molecule has 0 fully saturated rings. The van der Waals surface area contributed by atoms with Gasteiger partial charge < -0.3 is 25.6 Å². The van der Waals surface area contributed by atoms with E-state index in [-0.39, 0.29) is 11.0 Å². The number of nitrogens with one attached hydrogen (secondary N) is 2. The number of thiocarbonyl (C=S) groups is 1. The fourth-order valence-corrected chi connectivity index (χ4v) is 3.79. The van der Waals surface area contributed by atoms with Crippen LogP contribution in [0.1, 0.15) is 49.3 Å². The fraction of sp³-hybridized carbons (Fsp3) is 0.364. The number of hydrogen-bond acceptors (Lipinski definition) is 6. The van der Waals surface area contributed by atoms with Crippen LogP contribution < -0.4 is 15.4 Å². The third kappa shape index (κ3) is 5.34. The molecule has 1 aliphatic rings. The molecule has 3 rings (SSSR count). The van der Waals surface area contributed by atoms with Crippen molar-refractivity contribution in [2.75, 3.05) is 19.0 Å². The summed E-state index contributed by atoms with van der Waals surface area (Å²) in [6.45, 7) is 0.548. The fourth-order valence-electron chi connectivity index (χ4n) is 3.56. The summed E-state index contributed by atoms with van der Waals surface area (Å²) in [7, 11) is 1.57. The maximum absolute atomic E-state index is 12.1. The van der Waals surface area contributed by atoms with Gasteiger partial charge in [0, 0.05) is 24.1 Å². The van der Waals surface area contributed by atoms with Gasteiger partial charge in [0.1, 0.15) is 18.2 Å². The zero-order valence-electron chi connectivity index (χ0n) is 16.9. The molecule has 2 unspecified atom stereocenters. The average Bonchev–Trinajstić information content (AvgIpc) is 2.98. The second-order valence-corrected chi connectivity index (χ2v) is 7.54. The third-order valence-corrected chi connectivity index (χ3v) is 5.31. The summed E-state index contributed by atoms with van der Waals surface area (Å²) in [4.78, 5) is 13.8. The number of anilines is 1. The van der Waals surface area contributed by atoms with Crippen LogP contribution in [0.2, 0.25) is 0 Å². The molecule has 8 heteroatoms. The standard InChI is InChI=1S/C22H27N3O4S/c1-29-18-12-7-6-11-17(18)23-22(30)24-19(26)13-3-2-8-14-25-20(27)15-9-4-5-10-16(15)21(25)28/h4-7,9-12,20-21,27-28H,2-3,8,13-14H2,1H3,(H2,23,24,26,30). The van der Waals surface area contributed by atoms with E-state index in [9.17, 15) is 15.0 Å². The maximum Gasteiger partial charge on any atom is 0.226 e. The van der Waals surface area contributed by atoms with E-state index in [0.29, 0.717) is 30.8 Å². The van der Waals surface area contributed by atoms with Crippen LogP contribution in [0.25, 0.3) is 0 Å². The summed E-state index contributed by atoms with van der Waals surface area (Å²) < 4.78 is 5.25. The molecular formula is C22H27N3O4S. The first kappa shape index (κ1) is 22.2. The molecule has 0 radical (unpaired) electrons. The summed E-state index contributed by atoms with van der Waals surface area (Å²) in [5.74, 6) is 0.485. The second-order valence-electron chi connectivity index (χ2n) is 7.13. The first-order chi connectivity index (χ1) is 14.5. The minimum Gasteiger partial charge on any atom is -0.495 e. The van der Waals surface area contributed by atoms with E-state index in [4.69, 9.17) is 17.0 Å². The molecule has 30 heavy (non-hydrogen) atoms. The number of aliphatic hydroxyl groups is 2. The summed E-state index contributed by atoms with van der Waals surface area (Å²) in [5, 5.41) is 26.6. The Labute approximate surface area is 181 Å². The summed E-state index contributed by atoms with van der Waals surface area (Å²) in [6.07, 6.45) is 1.01. The van der Waals surface area contributed by atoms with E-state index in [1.54, 1.807) is 18.1 Å². The van der Waals surface area contributed by atoms with Crippen LogP contribution in [-0.4, -0.2) is 39.8 Å². The molecule has 2 aromatic rings. The number of fused-ring (bicyclic) bond motifs is 1. The number of methoxy groups -OCH3 is 1. The zero-order chi connectivity index (χ0) is 21.5. The van der Waals surface area contributed by atoms with Crippen molar-refractivity contribution in [3.8, 4) is 5.75 Å². The normalized spacial score (nSPS) is 18.0. The van der Waals surface area contributed by atoms with Crippen molar-refractivity contribution in [2.24, 2.45) is 0 Å². The van der Waals surface area contributed by atoms with Crippen molar-refractivity contribution in [3.63, 3.8) is 0 Å². The van der Waals surface area contributed by atoms with Gasteiger partial charge in [0.25, 0.3) is 0 Å². The smallest absolute Gasteiger partial charge is 0.226 e. The van der Waals surface area contributed by atoms with E-state index in [1.165, 1.54) is 0 Å². The highest BCUT2D eigenvalue weighted by Gasteiger charge is 2.35. The highest BCUT2D eigenvalue weighted by atomic mass is 32.1. The average molecular weight is 430 g/mol. The molecule has 0 aromatic heterocycles. The Morgan fingerprint density at radius 1 is 1.03 bits per heavy atom. The molecule has 2 aromatic carbocycles. The van der Waals surface area contributed by atoms with Gasteiger partial charge in [0.15, 0.2) is 5.11 Å². The lowest BCUT2D eigenvalue weighted by Gasteiger charge is -2.24. The molecule has 4 N–H and O–H groups in total. The lowest BCUT2D eigenvalue weighted by atomic mass is 10.1. The second kappa shape index (κ2) is 10.5. The molecule has 0 bridgehead atoms. The van der Waals surface area contributed by atoms with Gasteiger partial charge in [-0.1, -0.05) is 42.8 Å². The number of rotatable bonds is 8. The van der Waals surface area contributed by atoms with Crippen LogP contribution in [-0.2, 0) is 4.79 Å². The molecule has 0 saturated carbocycles. The van der Waals surface area contributed by atoms with Gasteiger partial charge in [0.2, 0.25) is 5.91 Å². The van der Waals surface area contributed by atoms with Crippen molar-refractivity contribution in [3.05, 3.63) is 59.7 Å². The van der Waals surface area contributed by atoms with Gasteiger partial charge in [-0.05, 0) is 37.2 Å². The van der Waals surface area contributed by atoms with Crippen LogP contribution in [0.15, 0.2) is 48.5 Å². The molecule has 1 aliphatic heterocycles. The Morgan fingerprint density at radius 3 is 2.33 bits per heavy atom. The van der Waals surface area contributed by atoms with Gasteiger partial charge in [-0.3, -0.25) is 4.79 Å². The highest BCUT2D eigenvalue weighted by Crippen LogP contribution is 2.38. The number of carbonyl (C=O) groups is 1. The largest absolute Gasteiger partial charge is 0.495 e. The number of unbranched alkanes of at least 4 members (excludes halogenated alkanes) is 2. The molecule has 160 valence electrons. The van der Waals surface area contributed by atoms with Gasteiger partial charge in [-0.2, -0.15) is 0 Å². The number of para-hydroxylation sites is 2. The van der Waals surface area contributed by atoms with Crippen LogP contribution in [0.3, 0.4) is 0 Å². The Balaban J connectivity index is 1.35. The highest BCUT2D eigenvalue weighted by molar-refractivity contribution is 7.80. The maximum atomic E-state index is 12.1. The Kier molecular flexibility index (Phi) is 7.75.